The smallest absolute Gasteiger partial charge is 0.418 e. The fourth-order valence-corrected chi connectivity index (χ4v) is 1.75. The Morgan fingerprint density at radius 3 is 2.57 bits per heavy atom. The number of pyridine rings is 1. The van der Waals surface area contributed by atoms with Crippen molar-refractivity contribution >= 4 is 5.69 Å². The van der Waals surface area contributed by atoms with Gasteiger partial charge in [-0.1, -0.05) is 0 Å². The first-order valence-electron chi connectivity index (χ1n) is 6.03. The summed E-state index contributed by atoms with van der Waals surface area (Å²) in [7, 11) is 1.31. The minimum atomic E-state index is -4.49. The molecule has 0 aliphatic rings. The molecule has 0 aliphatic heterocycles. The lowest BCUT2D eigenvalue weighted by atomic mass is 10.1. The van der Waals surface area contributed by atoms with Crippen molar-refractivity contribution in [1.82, 2.24) is 4.98 Å². The summed E-state index contributed by atoms with van der Waals surface area (Å²) in [4.78, 5) is 3.90. The molecular weight excluding hydrogens is 285 g/mol. The summed E-state index contributed by atoms with van der Waals surface area (Å²) < 4.78 is 43.8. The van der Waals surface area contributed by atoms with Crippen LogP contribution >= 0.6 is 0 Å². The maximum absolute atomic E-state index is 13.0. The number of aromatic hydroxyl groups is 1. The second-order valence-corrected chi connectivity index (χ2v) is 4.27. The van der Waals surface area contributed by atoms with E-state index in [1.165, 1.54) is 37.6 Å². The molecule has 21 heavy (non-hydrogen) atoms. The van der Waals surface area contributed by atoms with Crippen molar-refractivity contribution in [1.29, 1.82) is 0 Å². The number of halogens is 3. The van der Waals surface area contributed by atoms with Gasteiger partial charge >= 0.3 is 6.18 Å². The summed E-state index contributed by atoms with van der Waals surface area (Å²) in [5.74, 6) is 0.134. The average molecular weight is 298 g/mol. The predicted octanol–water partition coefficient (Wildman–Crippen LogP) is 3.43. The first-order chi connectivity index (χ1) is 9.90. The van der Waals surface area contributed by atoms with Crippen LogP contribution in [0.4, 0.5) is 18.9 Å². The van der Waals surface area contributed by atoms with Crippen LogP contribution in [0.1, 0.15) is 11.3 Å². The van der Waals surface area contributed by atoms with E-state index in [9.17, 15) is 13.2 Å². The van der Waals surface area contributed by atoms with E-state index < -0.39 is 11.7 Å². The molecule has 0 bridgehead atoms. The molecule has 0 spiro atoms. The van der Waals surface area contributed by atoms with Crippen molar-refractivity contribution in [2.24, 2.45) is 0 Å². The van der Waals surface area contributed by atoms with Gasteiger partial charge in [0.25, 0.3) is 0 Å². The Morgan fingerprint density at radius 2 is 2.00 bits per heavy atom. The van der Waals surface area contributed by atoms with E-state index in [1.807, 2.05) is 0 Å². The molecule has 1 heterocycles. The molecule has 1 aromatic carbocycles. The van der Waals surface area contributed by atoms with Gasteiger partial charge in [-0.2, -0.15) is 13.2 Å². The van der Waals surface area contributed by atoms with Gasteiger partial charge in [-0.3, -0.25) is 4.98 Å². The molecule has 0 radical (unpaired) electrons. The number of aromatic nitrogens is 1. The summed E-state index contributed by atoms with van der Waals surface area (Å²) in [6.07, 6.45) is -3.25. The number of hydrogen-bond donors (Lipinski definition) is 2. The van der Waals surface area contributed by atoms with Crippen molar-refractivity contribution in [2.75, 3.05) is 12.4 Å². The van der Waals surface area contributed by atoms with Gasteiger partial charge in [0.05, 0.1) is 31.1 Å². The summed E-state index contributed by atoms with van der Waals surface area (Å²) >= 11 is 0. The lowest BCUT2D eigenvalue weighted by molar-refractivity contribution is -0.137. The van der Waals surface area contributed by atoms with Crippen molar-refractivity contribution < 1.29 is 23.0 Å². The highest BCUT2D eigenvalue weighted by atomic mass is 19.4. The number of ether oxygens (including phenoxy) is 1. The zero-order valence-electron chi connectivity index (χ0n) is 11.1. The third kappa shape index (κ3) is 3.77. The molecule has 0 saturated heterocycles. The SMILES string of the molecule is COc1ccc(NCc2ccc(O)cn2)c(C(F)(F)F)c1. The van der Waals surface area contributed by atoms with Crippen LogP contribution in [0.2, 0.25) is 0 Å². The van der Waals surface area contributed by atoms with Gasteiger partial charge < -0.3 is 15.2 Å². The molecule has 2 rings (SSSR count). The fourth-order valence-electron chi connectivity index (χ4n) is 1.75. The Bertz CT molecular complexity index is 613. The van der Waals surface area contributed by atoms with Crippen LogP contribution in [0.15, 0.2) is 36.5 Å². The summed E-state index contributed by atoms with van der Waals surface area (Å²) in [5, 5.41) is 11.8. The Hall–Kier alpha value is -2.44. The van der Waals surface area contributed by atoms with Crippen molar-refractivity contribution in [3.05, 3.63) is 47.8 Å². The average Bonchev–Trinajstić information content (AvgIpc) is 2.45. The fraction of sp³-hybridized carbons (Fsp3) is 0.214. The summed E-state index contributed by atoms with van der Waals surface area (Å²) in [5.41, 5.74) is -0.351. The van der Waals surface area contributed by atoms with Crippen LogP contribution in [0.3, 0.4) is 0 Å². The van der Waals surface area contributed by atoms with Gasteiger partial charge in [-0.15, -0.1) is 0 Å². The number of methoxy groups -OCH3 is 1. The highest BCUT2D eigenvalue weighted by molar-refractivity contribution is 5.55. The third-order valence-corrected chi connectivity index (χ3v) is 2.80. The van der Waals surface area contributed by atoms with E-state index in [4.69, 9.17) is 9.84 Å². The van der Waals surface area contributed by atoms with Crippen molar-refractivity contribution in [2.45, 2.75) is 12.7 Å². The Balaban J connectivity index is 2.21. The van der Waals surface area contributed by atoms with Crippen molar-refractivity contribution in [3.8, 4) is 11.5 Å². The topological polar surface area (TPSA) is 54.4 Å². The molecule has 112 valence electrons. The molecule has 0 saturated carbocycles. The molecule has 0 unspecified atom stereocenters. The lowest BCUT2D eigenvalue weighted by Crippen LogP contribution is -2.11. The van der Waals surface area contributed by atoms with E-state index in [0.717, 1.165) is 6.07 Å². The minimum Gasteiger partial charge on any atom is -0.506 e. The molecule has 0 fully saturated rings. The summed E-state index contributed by atoms with van der Waals surface area (Å²) in [6.45, 7) is 0.107. The molecule has 2 N–H and O–H groups in total. The van der Waals surface area contributed by atoms with Crippen LogP contribution in [-0.2, 0) is 12.7 Å². The molecule has 0 aliphatic carbocycles. The van der Waals surface area contributed by atoms with E-state index in [2.05, 4.69) is 10.3 Å². The molecular formula is C14H13F3N2O2. The Morgan fingerprint density at radius 1 is 1.24 bits per heavy atom. The Labute approximate surface area is 119 Å². The molecule has 7 heteroatoms. The normalized spacial score (nSPS) is 11.2. The maximum Gasteiger partial charge on any atom is 0.418 e. The van der Waals surface area contributed by atoms with Gasteiger partial charge in [0.2, 0.25) is 0 Å². The van der Waals surface area contributed by atoms with E-state index >= 15 is 0 Å². The number of nitrogens with zero attached hydrogens (tertiary/aromatic N) is 1. The van der Waals surface area contributed by atoms with Gasteiger partial charge in [0.15, 0.2) is 0 Å². The second kappa shape index (κ2) is 5.90. The molecule has 2 aromatic rings. The van der Waals surface area contributed by atoms with Gasteiger partial charge in [-0.05, 0) is 30.3 Å². The molecule has 4 nitrogen and oxygen atoms in total. The van der Waals surface area contributed by atoms with Crippen molar-refractivity contribution in [3.63, 3.8) is 0 Å². The lowest BCUT2D eigenvalue weighted by Gasteiger charge is -2.15. The predicted molar refractivity (Wildman–Crippen MR) is 71.2 cm³/mol. The zero-order chi connectivity index (χ0) is 15.5. The first kappa shape index (κ1) is 15.0. The highest BCUT2D eigenvalue weighted by Crippen LogP contribution is 2.37. The first-order valence-corrected chi connectivity index (χ1v) is 6.03. The van der Waals surface area contributed by atoms with Crippen LogP contribution < -0.4 is 10.1 Å². The maximum atomic E-state index is 13.0. The number of hydrogen-bond acceptors (Lipinski definition) is 4. The van der Waals surface area contributed by atoms with Gasteiger partial charge in [-0.25, -0.2) is 0 Å². The number of alkyl halides is 3. The van der Waals surface area contributed by atoms with E-state index in [0.29, 0.717) is 5.69 Å². The second-order valence-electron chi connectivity index (χ2n) is 4.27. The zero-order valence-corrected chi connectivity index (χ0v) is 11.1. The minimum absolute atomic E-state index is 0.000761. The summed E-state index contributed by atoms with van der Waals surface area (Å²) in [6, 6.07) is 6.64. The molecule has 0 atom stereocenters. The van der Waals surface area contributed by atoms with Crippen LogP contribution in [0.25, 0.3) is 0 Å². The number of anilines is 1. The van der Waals surface area contributed by atoms with E-state index in [1.54, 1.807) is 0 Å². The monoisotopic (exact) mass is 298 g/mol. The van der Waals surface area contributed by atoms with Crippen LogP contribution in [0, 0.1) is 0 Å². The number of rotatable bonds is 4. The highest BCUT2D eigenvalue weighted by Gasteiger charge is 2.34. The molecule has 1 aromatic heterocycles. The largest absolute Gasteiger partial charge is 0.506 e. The van der Waals surface area contributed by atoms with Crippen LogP contribution in [0.5, 0.6) is 11.5 Å². The third-order valence-electron chi connectivity index (χ3n) is 2.80. The number of benzene rings is 1. The van der Waals surface area contributed by atoms with Gasteiger partial charge in [0.1, 0.15) is 11.5 Å². The molecule has 0 amide bonds. The quantitative estimate of drug-likeness (QED) is 0.908. The van der Waals surface area contributed by atoms with Gasteiger partial charge in [0, 0.05) is 5.69 Å². The standard InChI is InChI=1S/C14H13F3N2O2/c1-21-11-4-5-13(12(6-11)14(15,16)17)19-7-9-2-3-10(20)8-18-9/h2-6,8,19-20H,7H2,1H3. The number of nitrogens with one attached hydrogen (secondary N) is 1. The van der Waals surface area contributed by atoms with Crippen LogP contribution in [-0.4, -0.2) is 17.2 Å². The van der Waals surface area contributed by atoms with E-state index in [-0.39, 0.29) is 23.7 Å². The Kier molecular flexibility index (Phi) is 4.21.